The van der Waals surface area contributed by atoms with Gasteiger partial charge in [0, 0.05) is 6.04 Å². The Morgan fingerprint density at radius 2 is 1.81 bits per heavy atom. The largest absolute Gasteiger partial charge is 0.391 e. The Morgan fingerprint density at radius 3 is 2.31 bits per heavy atom. The van der Waals surface area contributed by atoms with Gasteiger partial charge in [0.1, 0.15) is 0 Å². The minimum atomic E-state index is -4.10. The number of hydrogen-bond acceptors (Lipinski definition) is 2. The molecule has 0 aliphatic heterocycles. The van der Waals surface area contributed by atoms with E-state index in [0.29, 0.717) is 6.04 Å². The van der Waals surface area contributed by atoms with Crippen molar-refractivity contribution >= 4 is 0 Å². The second-order valence-electron chi connectivity index (χ2n) is 4.27. The van der Waals surface area contributed by atoms with Crippen LogP contribution in [-0.2, 0) is 4.74 Å². The minimum Gasteiger partial charge on any atom is -0.378 e. The average molecular weight is 239 g/mol. The predicted molar refractivity (Wildman–Crippen MR) is 56.3 cm³/mol. The number of halogens is 3. The predicted octanol–water partition coefficient (Wildman–Crippen LogP) is 2.88. The van der Waals surface area contributed by atoms with Crippen LogP contribution in [0.4, 0.5) is 13.2 Å². The van der Waals surface area contributed by atoms with E-state index in [0.717, 1.165) is 32.2 Å². The third kappa shape index (κ3) is 5.70. The number of ether oxygens (including phenoxy) is 1. The molecule has 0 bridgehead atoms. The van der Waals surface area contributed by atoms with Crippen molar-refractivity contribution in [2.75, 3.05) is 13.2 Å². The first kappa shape index (κ1) is 13.8. The smallest absolute Gasteiger partial charge is 0.378 e. The Bertz CT molecular complexity index is 188. The van der Waals surface area contributed by atoms with E-state index in [2.05, 4.69) is 12.2 Å². The first-order valence-corrected chi connectivity index (χ1v) is 5.93. The Hall–Kier alpha value is -0.290. The lowest BCUT2D eigenvalue weighted by Crippen LogP contribution is -2.35. The van der Waals surface area contributed by atoms with Crippen LogP contribution in [0, 0.1) is 0 Å². The number of hydrogen-bond donors (Lipinski definition) is 1. The van der Waals surface area contributed by atoms with Crippen LogP contribution >= 0.6 is 0 Å². The van der Waals surface area contributed by atoms with Gasteiger partial charge in [-0.1, -0.05) is 6.92 Å². The summed E-state index contributed by atoms with van der Waals surface area (Å²) in [6.07, 6.45) is -1.15. The van der Waals surface area contributed by atoms with Crippen LogP contribution < -0.4 is 5.32 Å². The van der Waals surface area contributed by atoms with Crippen LogP contribution in [-0.4, -0.2) is 31.5 Å². The van der Waals surface area contributed by atoms with Crippen LogP contribution in [0.3, 0.4) is 0 Å². The summed E-state index contributed by atoms with van der Waals surface area (Å²) in [6.45, 7) is 2.82. The molecule has 0 atom stereocenters. The van der Waals surface area contributed by atoms with E-state index in [1.807, 2.05) is 0 Å². The maximum Gasteiger partial charge on any atom is 0.391 e. The summed E-state index contributed by atoms with van der Waals surface area (Å²) in [5.74, 6) is 0. The lowest BCUT2D eigenvalue weighted by atomic mass is 9.93. The molecular weight excluding hydrogens is 219 g/mol. The fourth-order valence-corrected chi connectivity index (χ4v) is 2.06. The summed E-state index contributed by atoms with van der Waals surface area (Å²) >= 11 is 0. The van der Waals surface area contributed by atoms with Crippen LogP contribution in [0.5, 0.6) is 0 Å². The summed E-state index contributed by atoms with van der Waals surface area (Å²) in [5.41, 5.74) is 0. The standard InChI is InChI=1S/C11H20F3NO/c1-2-15-9-3-5-10(6-4-9)16-8-7-11(12,13)14/h9-10,15H,2-8H2,1H3. The van der Waals surface area contributed by atoms with Gasteiger partial charge in [-0.25, -0.2) is 0 Å². The molecule has 0 saturated heterocycles. The van der Waals surface area contributed by atoms with Crippen LogP contribution in [0.1, 0.15) is 39.0 Å². The lowest BCUT2D eigenvalue weighted by molar-refractivity contribution is -0.150. The number of alkyl halides is 3. The molecule has 2 nitrogen and oxygen atoms in total. The zero-order valence-electron chi connectivity index (χ0n) is 9.65. The van der Waals surface area contributed by atoms with E-state index < -0.39 is 12.6 Å². The zero-order chi connectivity index (χ0) is 12.0. The van der Waals surface area contributed by atoms with Gasteiger partial charge >= 0.3 is 6.18 Å². The molecule has 0 unspecified atom stereocenters. The van der Waals surface area contributed by atoms with Gasteiger partial charge in [-0.3, -0.25) is 0 Å². The first-order valence-electron chi connectivity index (χ1n) is 5.93. The third-order valence-electron chi connectivity index (χ3n) is 2.91. The molecule has 0 aromatic carbocycles. The minimum absolute atomic E-state index is 0.0252. The van der Waals surface area contributed by atoms with E-state index in [1.165, 1.54) is 0 Å². The van der Waals surface area contributed by atoms with Crippen molar-refractivity contribution in [1.82, 2.24) is 5.32 Å². The first-order chi connectivity index (χ1) is 7.51. The molecule has 1 N–H and O–H groups in total. The van der Waals surface area contributed by atoms with Gasteiger partial charge in [0.2, 0.25) is 0 Å². The van der Waals surface area contributed by atoms with Crippen LogP contribution in [0.25, 0.3) is 0 Å². The highest BCUT2D eigenvalue weighted by atomic mass is 19.4. The molecule has 1 aliphatic rings. The highest BCUT2D eigenvalue weighted by Gasteiger charge is 2.28. The van der Waals surface area contributed by atoms with Crippen molar-refractivity contribution in [3.8, 4) is 0 Å². The van der Waals surface area contributed by atoms with E-state index >= 15 is 0 Å². The molecule has 0 heterocycles. The molecule has 5 heteroatoms. The second-order valence-corrected chi connectivity index (χ2v) is 4.27. The van der Waals surface area contributed by atoms with Gasteiger partial charge < -0.3 is 10.1 Å². The molecule has 0 radical (unpaired) electrons. The highest BCUT2D eigenvalue weighted by molar-refractivity contribution is 4.77. The Balaban J connectivity index is 2.08. The van der Waals surface area contributed by atoms with Gasteiger partial charge in [-0.05, 0) is 32.2 Å². The number of rotatable bonds is 5. The molecule has 1 rings (SSSR count). The summed E-state index contributed by atoms with van der Waals surface area (Å²) in [5, 5.41) is 3.35. The molecule has 96 valence electrons. The molecule has 1 aliphatic carbocycles. The maximum atomic E-state index is 11.9. The molecule has 1 saturated carbocycles. The summed E-state index contributed by atoms with van der Waals surface area (Å²) in [7, 11) is 0. The lowest BCUT2D eigenvalue weighted by Gasteiger charge is -2.29. The molecule has 0 amide bonds. The molecule has 0 aromatic heterocycles. The topological polar surface area (TPSA) is 21.3 Å². The monoisotopic (exact) mass is 239 g/mol. The van der Waals surface area contributed by atoms with Crippen molar-refractivity contribution in [3.05, 3.63) is 0 Å². The van der Waals surface area contributed by atoms with Crippen LogP contribution in [0.2, 0.25) is 0 Å². The third-order valence-corrected chi connectivity index (χ3v) is 2.91. The maximum absolute atomic E-state index is 11.9. The molecule has 16 heavy (non-hydrogen) atoms. The van der Waals surface area contributed by atoms with Gasteiger partial charge in [0.15, 0.2) is 0 Å². The normalized spacial score (nSPS) is 27.0. The molecule has 1 fully saturated rings. The zero-order valence-corrected chi connectivity index (χ0v) is 9.65. The van der Waals surface area contributed by atoms with Crippen molar-refractivity contribution < 1.29 is 17.9 Å². The quantitative estimate of drug-likeness (QED) is 0.796. The molecule has 0 aromatic rings. The van der Waals surface area contributed by atoms with E-state index in [9.17, 15) is 13.2 Å². The Labute approximate surface area is 94.5 Å². The van der Waals surface area contributed by atoms with Crippen molar-refractivity contribution in [1.29, 1.82) is 0 Å². The van der Waals surface area contributed by atoms with Gasteiger partial charge in [-0.15, -0.1) is 0 Å². The SMILES string of the molecule is CCNC1CCC(OCCC(F)(F)F)CC1. The second kappa shape index (κ2) is 6.45. The van der Waals surface area contributed by atoms with Crippen molar-refractivity contribution in [2.24, 2.45) is 0 Å². The fraction of sp³-hybridized carbons (Fsp3) is 1.00. The van der Waals surface area contributed by atoms with E-state index in [1.54, 1.807) is 0 Å². The summed E-state index contributed by atoms with van der Waals surface area (Å²) < 4.78 is 40.9. The van der Waals surface area contributed by atoms with Gasteiger partial charge in [-0.2, -0.15) is 13.2 Å². The summed E-state index contributed by atoms with van der Waals surface area (Å²) in [6, 6.07) is 0.521. The van der Waals surface area contributed by atoms with E-state index in [4.69, 9.17) is 4.74 Å². The fourth-order valence-electron chi connectivity index (χ4n) is 2.06. The van der Waals surface area contributed by atoms with Crippen LogP contribution in [0.15, 0.2) is 0 Å². The Kier molecular flexibility index (Phi) is 5.55. The molecule has 0 spiro atoms. The average Bonchev–Trinajstić information content (AvgIpc) is 2.19. The van der Waals surface area contributed by atoms with Gasteiger partial charge in [0.05, 0.1) is 19.1 Å². The van der Waals surface area contributed by atoms with E-state index in [-0.39, 0.29) is 12.7 Å². The summed E-state index contributed by atoms with van der Waals surface area (Å²) in [4.78, 5) is 0. The van der Waals surface area contributed by atoms with Gasteiger partial charge in [0.25, 0.3) is 0 Å². The Morgan fingerprint density at radius 1 is 1.19 bits per heavy atom. The number of nitrogens with one attached hydrogen (secondary N) is 1. The highest BCUT2D eigenvalue weighted by Crippen LogP contribution is 2.23. The van der Waals surface area contributed by atoms with Crippen molar-refractivity contribution in [3.63, 3.8) is 0 Å². The molecular formula is C11H20F3NO. The van der Waals surface area contributed by atoms with Crippen molar-refractivity contribution in [2.45, 2.75) is 57.3 Å².